The number of hydrogen-bond donors (Lipinski definition) is 0. The van der Waals surface area contributed by atoms with E-state index in [4.69, 9.17) is 0 Å². The number of benzene rings is 1. The topological polar surface area (TPSA) is 25.8 Å². The van der Waals surface area contributed by atoms with Gasteiger partial charge in [-0.25, -0.2) is 0 Å². The first-order valence-corrected chi connectivity index (χ1v) is 5.03. The predicted molar refractivity (Wildman–Crippen MR) is 58.7 cm³/mol. The molecule has 0 aliphatic rings. The van der Waals surface area contributed by atoms with E-state index in [2.05, 4.69) is 32.2 Å². The summed E-state index contributed by atoms with van der Waals surface area (Å²) in [6.07, 6.45) is 0. The zero-order valence-electron chi connectivity index (χ0n) is 7.66. The Morgan fingerprint density at radius 1 is 1.14 bits per heavy atom. The van der Waals surface area contributed by atoms with E-state index >= 15 is 0 Å². The first kappa shape index (κ1) is 9.34. The molecule has 69 valence electrons. The second-order valence-electron chi connectivity index (χ2n) is 2.97. The van der Waals surface area contributed by atoms with Gasteiger partial charge in [0.2, 0.25) is 0 Å². The maximum atomic E-state index is 4.08. The molecule has 1 heterocycles. The van der Waals surface area contributed by atoms with Crippen LogP contribution in [0.25, 0.3) is 11.3 Å². The van der Waals surface area contributed by atoms with Gasteiger partial charge in [-0.3, -0.25) is 0 Å². The molecular weight excluding hydrogens is 240 g/mol. The Morgan fingerprint density at radius 2 is 1.86 bits per heavy atom. The molecule has 0 spiro atoms. The maximum absolute atomic E-state index is 4.08. The third kappa shape index (κ3) is 1.99. The summed E-state index contributed by atoms with van der Waals surface area (Å²) in [5.74, 6) is 0. The van der Waals surface area contributed by atoms with Crippen LogP contribution in [0.1, 0.15) is 5.69 Å². The second-order valence-corrected chi connectivity index (χ2v) is 3.88. The van der Waals surface area contributed by atoms with Crippen LogP contribution in [0.15, 0.2) is 34.8 Å². The Bertz CT molecular complexity index is 377. The largest absolute Gasteiger partial charge is 0.155 e. The minimum Gasteiger partial charge on any atom is -0.155 e. The van der Waals surface area contributed by atoms with E-state index in [1.807, 2.05) is 37.3 Å². The second kappa shape index (κ2) is 3.88. The number of aryl methyl sites for hydroxylation is 1. The van der Waals surface area contributed by atoms with Crippen molar-refractivity contribution < 1.29 is 0 Å². The monoisotopic (exact) mass is 247 g/mol. The number of hydrogen-bond acceptors (Lipinski definition) is 2. The molecule has 0 fully saturated rings. The van der Waals surface area contributed by atoms with Crippen molar-refractivity contribution in [1.29, 1.82) is 0 Å². The van der Waals surface area contributed by atoms with Crippen LogP contribution in [0.5, 0.6) is 0 Å². The molecule has 1 aromatic carbocycles. The van der Waals surface area contributed by atoms with E-state index < -0.39 is 0 Å². The van der Waals surface area contributed by atoms with Gasteiger partial charge in [-0.15, -0.1) is 0 Å². The van der Waals surface area contributed by atoms with Crippen molar-refractivity contribution in [3.63, 3.8) is 0 Å². The van der Waals surface area contributed by atoms with Gasteiger partial charge in [0.25, 0.3) is 0 Å². The summed E-state index contributed by atoms with van der Waals surface area (Å²) in [5, 5.41) is 8.04. The highest BCUT2D eigenvalue weighted by atomic mass is 79.9. The Labute approximate surface area is 91.1 Å². The van der Waals surface area contributed by atoms with E-state index in [1.54, 1.807) is 0 Å². The molecule has 2 nitrogen and oxygen atoms in total. The highest BCUT2D eigenvalue weighted by molar-refractivity contribution is 9.10. The smallest absolute Gasteiger partial charge is 0.0936 e. The number of halogens is 1. The molecule has 0 unspecified atom stereocenters. The molecule has 3 heteroatoms. The van der Waals surface area contributed by atoms with Gasteiger partial charge in [-0.2, -0.15) is 10.2 Å². The van der Waals surface area contributed by atoms with Crippen molar-refractivity contribution in [2.45, 2.75) is 6.92 Å². The Morgan fingerprint density at radius 3 is 2.43 bits per heavy atom. The van der Waals surface area contributed by atoms with Crippen LogP contribution < -0.4 is 0 Å². The normalized spacial score (nSPS) is 10.1. The fraction of sp³-hybridized carbons (Fsp3) is 0.0909. The lowest BCUT2D eigenvalue weighted by molar-refractivity contribution is 0.984. The zero-order chi connectivity index (χ0) is 9.97. The van der Waals surface area contributed by atoms with E-state index in [0.29, 0.717) is 0 Å². The van der Waals surface area contributed by atoms with Gasteiger partial charge >= 0.3 is 0 Å². The van der Waals surface area contributed by atoms with Crippen molar-refractivity contribution in [2.24, 2.45) is 0 Å². The molecule has 2 rings (SSSR count). The fourth-order valence-electron chi connectivity index (χ4n) is 1.12. The highest BCUT2D eigenvalue weighted by Gasteiger charge is 1.98. The third-order valence-electron chi connectivity index (χ3n) is 1.87. The summed E-state index contributed by atoms with van der Waals surface area (Å²) in [5.41, 5.74) is 2.71. The molecule has 14 heavy (non-hydrogen) atoms. The molecule has 0 aliphatic carbocycles. The standard InChI is InChI=1S/C11H8BrN2/c1-8-2-7-11(14-13-8)9-3-5-10(12)6-4-9/h3-7H,1H3. The Kier molecular flexibility index (Phi) is 2.59. The van der Waals surface area contributed by atoms with Gasteiger partial charge in [0.05, 0.1) is 11.4 Å². The quantitative estimate of drug-likeness (QED) is 0.775. The van der Waals surface area contributed by atoms with Crippen molar-refractivity contribution in [1.82, 2.24) is 10.2 Å². The van der Waals surface area contributed by atoms with Gasteiger partial charge < -0.3 is 0 Å². The van der Waals surface area contributed by atoms with Gasteiger partial charge in [0, 0.05) is 16.1 Å². The molecule has 1 radical (unpaired) electrons. The molecule has 0 saturated carbocycles. The third-order valence-corrected chi connectivity index (χ3v) is 2.39. The maximum Gasteiger partial charge on any atom is 0.0936 e. The van der Waals surface area contributed by atoms with Crippen molar-refractivity contribution in [3.8, 4) is 11.3 Å². The molecule has 0 amide bonds. The molecule has 0 saturated heterocycles. The van der Waals surface area contributed by atoms with Crippen LogP contribution >= 0.6 is 15.9 Å². The Hall–Kier alpha value is -1.22. The minimum absolute atomic E-state index is 0.811. The highest BCUT2D eigenvalue weighted by Crippen LogP contribution is 2.18. The Balaban J connectivity index is 2.40. The van der Waals surface area contributed by atoms with E-state index in [9.17, 15) is 0 Å². The summed E-state index contributed by atoms with van der Waals surface area (Å²) in [6.45, 7) is 1.87. The molecule has 0 aliphatic heterocycles. The van der Waals surface area contributed by atoms with Crippen LogP contribution in [-0.2, 0) is 0 Å². The van der Waals surface area contributed by atoms with Crippen LogP contribution in [0.3, 0.4) is 0 Å². The first-order chi connectivity index (χ1) is 6.75. The van der Waals surface area contributed by atoms with Crippen LogP contribution in [0, 0.1) is 13.0 Å². The van der Waals surface area contributed by atoms with Crippen LogP contribution in [-0.4, -0.2) is 10.2 Å². The predicted octanol–water partition coefficient (Wildman–Crippen LogP) is 3.01. The lowest BCUT2D eigenvalue weighted by atomic mass is 10.1. The number of rotatable bonds is 1. The van der Waals surface area contributed by atoms with Crippen molar-refractivity contribution in [2.75, 3.05) is 0 Å². The minimum atomic E-state index is 0.811. The van der Waals surface area contributed by atoms with Gasteiger partial charge in [0.1, 0.15) is 0 Å². The summed E-state index contributed by atoms with van der Waals surface area (Å²) in [4.78, 5) is 0. The molecule has 1 aromatic heterocycles. The van der Waals surface area contributed by atoms with E-state index in [1.165, 1.54) is 0 Å². The number of aromatic nitrogens is 2. The summed E-state index contributed by atoms with van der Waals surface area (Å²) in [7, 11) is 0. The summed E-state index contributed by atoms with van der Waals surface area (Å²) < 4.78 is 1.06. The molecule has 0 bridgehead atoms. The fourth-order valence-corrected chi connectivity index (χ4v) is 1.39. The van der Waals surface area contributed by atoms with Gasteiger partial charge in [-0.1, -0.05) is 28.1 Å². The lowest BCUT2D eigenvalue weighted by Crippen LogP contribution is -1.89. The molecule has 0 atom stereocenters. The van der Waals surface area contributed by atoms with Crippen LogP contribution in [0.2, 0.25) is 0 Å². The SMILES string of the molecule is Cc1[c]cc(-c2ccc(Br)cc2)nn1. The van der Waals surface area contributed by atoms with E-state index in [-0.39, 0.29) is 0 Å². The lowest BCUT2D eigenvalue weighted by Gasteiger charge is -1.99. The van der Waals surface area contributed by atoms with Crippen molar-refractivity contribution in [3.05, 3.63) is 46.6 Å². The van der Waals surface area contributed by atoms with Crippen LogP contribution in [0.4, 0.5) is 0 Å². The average Bonchev–Trinajstić information content (AvgIpc) is 2.21. The molecular formula is C11H8BrN2. The van der Waals surface area contributed by atoms with Gasteiger partial charge in [-0.05, 0) is 25.1 Å². The van der Waals surface area contributed by atoms with Gasteiger partial charge in [0.15, 0.2) is 0 Å². The first-order valence-electron chi connectivity index (χ1n) is 4.23. The number of nitrogens with zero attached hydrogens (tertiary/aromatic N) is 2. The summed E-state index contributed by atoms with van der Waals surface area (Å²) in [6, 6.07) is 12.8. The zero-order valence-corrected chi connectivity index (χ0v) is 9.25. The molecule has 0 N–H and O–H groups in total. The average molecular weight is 248 g/mol. The van der Waals surface area contributed by atoms with E-state index in [0.717, 1.165) is 21.4 Å². The van der Waals surface area contributed by atoms with Crippen molar-refractivity contribution >= 4 is 15.9 Å². The molecule has 2 aromatic rings. The summed E-state index contributed by atoms with van der Waals surface area (Å²) >= 11 is 3.39.